The van der Waals surface area contributed by atoms with Crippen LogP contribution in [0.1, 0.15) is 41.6 Å². The van der Waals surface area contributed by atoms with Gasteiger partial charge in [-0.2, -0.15) is 0 Å². The number of hydrogen-bond acceptors (Lipinski definition) is 2. The molecule has 0 aliphatic carbocycles. The summed E-state index contributed by atoms with van der Waals surface area (Å²) in [5, 5.41) is 0.649. The Kier molecular flexibility index (Phi) is 6.68. The molecule has 0 saturated carbocycles. The number of hydrogen-bond donors (Lipinski definition) is 0. The Morgan fingerprint density at radius 3 is 2.21 bits per heavy atom. The third-order valence-electron chi connectivity index (χ3n) is 5.16. The molecule has 2 amide bonds. The van der Waals surface area contributed by atoms with Gasteiger partial charge in [0.25, 0.3) is 5.91 Å². The molecular weight excluding hydrogens is 379 g/mol. The zero-order chi connectivity index (χ0) is 20.1. The zero-order valence-corrected chi connectivity index (χ0v) is 16.7. The van der Waals surface area contributed by atoms with Gasteiger partial charge in [0, 0.05) is 36.8 Å². The Balaban J connectivity index is 1.66. The van der Waals surface area contributed by atoms with Gasteiger partial charge in [-0.3, -0.25) is 9.59 Å². The number of carbonyl (C=O) groups excluding carboxylic acids is 2. The van der Waals surface area contributed by atoms with Crippen molar-refractivity contribution in [3.8, 4) is 0 Å². The van der Waals surface area contributed by atoms with E-state index in [4.69, 9.17) is 11.6 Å². The number of nitrogens with zero attached hydrogens (tertiary/aromatic N) is 2. The second-order valence-electron chi connectivity index (χ2n) is 6.99. The first-order chi connectivity index (χ1) is 13.5. The topological polar surface area (TPSA) is 40.6 Å². The second kappa shape index (κ2) is 9.20. The molecule has 1 aliphatic rings. The molecule has 0 aromatic heterocycles. The third kappa shape index (κ3) is 4.71. The lowest BCUT2D eigenvalue weighted by molar-refractivity contribution is -0.132. The minimum atomic E-state index is -0.364. The molecular formula is C22H24ClFN2O2. The summed E-state index contributed by atoms with van der Waals surface area (Å²) < 4.78 is 13.1. The van der Waals surface area contributed by atoms with Gasteiger partial charge >= 0.3 is 0 Å². The van der Waals surface area contributed by atoms with E-state index in [2.05, 4.69) is 0 Å². The van der Waals surface area contributed by atoms with Crippen LogP contribution < -0.4 is 0 Å². The van der Waals surface area contributed by atoms with Crippen molar-refractivity contribution in [3.63, 3.8) is 0 Å². The molecule has 1 unspecified atom stereocenters. The number of benzene rings is 2. The first-order valence-electron chi connectivity index (χ1n) is 9.58. The third-order valence-corrected chi connectivity index (χ3v) is 5.42. The number of amides is 2. The van der Waals surface area contributed by atoms with Crippen LogP contribution in [0, 0.1) is 5.82 Å². The molecule has 0 bridgehead atoms. The van der Waals surface area contributed by atoms with Crippen LogP contribution >= 0.6 is 11.6 Å². The fourth-order valence-corrected chi connectivity index (χ4v) is 3.71. The molecule has 1 aliphatic heterocycles. The molecule has 3 rings (SSSR count). The summed E-state index contributed by atoms with van der Waals surface area (Å²) in [5.41, 5.74) is 1.43. The van der Waals surface area contributed by atoms with Gasteiger partial charge < -0.3 is 9.80 Å². The lowest BCUT2D eigenvalue weighted by Crippen LogP contribution is -2.39. The van der Waals surface area contributed by atoms with Crippen molar-refractivity contribution in [2.45, 2.75) is 25.7 Å². The Bertz CT molecular complexity index is 823. The summed E-state index contributed by atoms with van der Waals surface area (Å²) in [6.45, 7) is 4.17. The average Bonchev–Trinajstić information content (AvgIpc) is 2.96. The monoisotopic (exact) mass is 402 g/mol. The quantitative estimate of drug-likeness (QED) is 0.762. The first kappa shape index (κ1) is 20.3. The largest absolute Gasteiger partial charge is 0.340 e. The lowest BCUT2D eigenvalue weighted by Gasteiger charge is -2.26. The van der Waals surface area contributed by atoms with Gasteiger partial charge in [-0.15, -0.1) is 0 Å². The normalized spacial score (nSPS) is 15.8. The molecule has 4 nitrogen and oxygen atoms in total. The van der Waals surface area contributed by atoms with Crippen LogP contribution in [0.25, 0.3) is 0 Å². The van der Waals surface area contributed by atoms with Crippen LogP contribution in [0.3, 0.4) is 0 Å². The molecule has 2 aromatic rings. The van der Waals surface area contributed by atoms with Crippen molar-refractivity contribution in [3.05, 3.63) is 70.5 Å². The number of rotatable bonds is 4. The Hall–Kier alpha value is -2.40. The maximum atomic E-state index is 13.1. The van der Waals surface area contributed by atoms with Crippen molar-refractivity contribution < 1.29 is 14.0 Å². The summed E-state index contributed by atoms with van der Waals surface area (Å²) >= 11 is 5.96. The highest BCUT2D eigenvalue weighted by molar-refractivity contribution is 6.30. The molecule has 1 saturated heterocycles. The van der Waals surface area contributed by atoms with E-state index in [1.165, 1.54) is 24.3 Å². The van der Waals surface area contributed by atoms with Gasteiger partial charge in [-0.05, 0) is 54.8 Å². The molecule has 6 heteroatoms. The van der Waals surface area contributed by atoms with Crippen LogP contribution in [-0.4, -0.2) is 47.8 Å². The molecule has 0 N–H and O–H groups in total. The lowest BCUT2D eigenvalue weighted by atomic mass is 9.95. The SMILES string of the molecule is CCC(C(=O)N1CCCN(C(=O)c2ccc(F)cc2)CC1)c1ccc(Cl)cc1. The molecule has 1 fully saturated rings. The zero-order valence-electron chi connectivity index (χ0n) is 15.9. The molecule has 1 atom stereocenters. The van der Waals surface area contributed by atoms with Gasteiger partial charge in [0.1, 0.15) is 5.82 Å². The van der Waals surface area contributed by atoms with Crippen molar-refractivity contribution in [2.24, 2.45) is 0 Å². The van der Waals surface area contributed by atoms with Crippen LogP contribution in [0.15, 0.2) is 48.5 Å². The summed E-state index contributed by atoms with van der Waals surface area (Å²) in [7, 11) is 0. The van der Waals surface area contributed by atoms with Gasteiger partial charge in [0.2, 0.25) is 5.91 Å². The molecule has 148 valence electrons. The summed E-state index contributed by atoms with van der Waals surface area (Å²) in [6, 6.07) is 13.0. The summed E-state index contributed by atoms with van der Waals surface area (Å²) in [5.74, 6) is -0.617. The van der Waals surface area contributed by atoms with Crippen molar-refractivity contribution in [2.75, 3.05) is 26.2 Å². The van der Waals surface area contributed by atoms with Crippen LogP contribution in [0.5, 0.6) is 0 Å². The van der Waals surface area contributed by atoms with E-state index in [1.807, 2.05) is 24.0 Å². The van der Waals surface area contributed by atoms with Crippen LogP contribution in [0.2, 0.25) is 5.02 Å². The molecule has 2 aromatic carbocycles. The van der Waals surface area contributed by atoms with E-state index in [0.717, 1.165) is 12.0 Å². The number of carbonyl (C=O) groups is 2. The second-order valence-corrected chi connectivity index (χ2v) is 7.43. The van der Waals surface area contributed by atoms with Crippen molar-refractivity contribution >= 4 is 23.4 Å². The first-order valence-corrected chi connectivity index (χ1v) is 9.96. The smallest absolute Gasteiger partial charge is 0.253 e. The predicted molar refractivity (Wildman–Crippen MR) is 108 cm³/mol. The average molecular weight is 403 g/mol. The molecule has 1 heterocycles. The Morgan fingerprint density at radius 1 is 0.964 bits per heavy atom. The van der Waals surface area contributed by atoms with Crippen LogP contribution in [0.4, 0.5) is 4.39 Å². The minimum Gasteiger partial charge on any atom is -0.340 e. The Morgan fingerprint density at radius 2 is 1.57 bits per heavy atom. The standard InChI is InChI=1S/C22H24ClFN2O2/c1-2-20(16-4-8-18(23)9-5-16)22(28)26-13-3-12-25(14-15-26)21(27)17-6-10-19(24)11-7-17/h4-11,20H,2-3,12-15H2,1H3. The van der Waals surface area contributed by atoms with E-state index in [0.29, 0.717) is 43.2 Å². The fraction of sp³-hybridized carbons (Fsp3) is 0.364. The van der Waals surface area contributed by atoms with E-state index < -0.39 is 0 Å². The van der Waals surface area contributed by atoms with Gasteiger partial charge in [-0.1, -0.05) is 30.7 Å². The van der Waals surface area contributed by atoms with Gasteiger partial charge in [0.05, 0.1) is 5.92 Å². The molecule has 0 radical (unpaired) electrons. The highest BCUT2D eigenvalue weighted by Gasteiger charge is 2.27. The summed E-state index contributed by atoms with van der Waals surface area (Å²) in [6.07, 6.45) is 1.42. The van der Waals surface area contributed by atoms with Crippen molar-refractivity contribution in [1.82, 2.24) is 9.80 Å². The molecule has 0 spiro atoms. The number of halogens is 2. The van der Waals surface area contributed by atoms with Crippen LogP contribution in [-0.2, 0) is 4.79 Å². The van der Waals surface area contributed by atoms with Gasteiger partial charge in [0.15, 0.2) is 0 Å². The maximum Gasteiger partial charge on any atom is 0.253 e. The van der Waals surface area contributed by atoms with E-state index in [9.17, 15) is 14.0 Å². The summed E-state index contributed by atoms with van der Waals surface area (Å²) in [4.78, 5) is 29.4. The van der Waals surface area contributed by atoms with E-state index >= 15 is 0 Å². The van der Waals surface area contributed by atoms with Crippen molar-refractivity contribution in [1.29, 1.82) is 0 Å². The highest BCUT2D eigenvalue weighted by Crippen LogP contribution is 2.24. The maximum absolute atomic E-state index is 13.1. The van der Waals surface area contributed by atoms with Gasteiger partial charge in [-0.25, -0.2) is 4.39 Å². The molecule has 28 heavy (non-hydrogen) atoms. The fourth-order valence-electron chi connectivity index (χ4n) is 3.58. The highest BCUT2D eigenvalue weighted by atomic mass is 35.5. The predicted octanol–water partition coefficient (Wildman–Crippen LogP) is 4.35. The van der Waals surface area contributed by atoms with E-state index in [1.54, 1.807) is 17.0 Å². The van der Waals surface area contributed by atoms with E-state index in [-0.39, 0.29) is 23.5 Å². The Labute approximate surface area is 169 Å². The minimum absolute atomic E-state index is 0.0842.